The highest BCUT2D eigenvalue weighted by atomic mass is 32.2. The van der Waals surface area contributed by atoms with Gasteiger partial charge in [-0.3, -0.25) is 4.79 Å². The molecule has 120 valence electrons. The third kappa shape index (κ3) is 3.31. The fraction of sp³-hybridized carbons (Fsp3) is 0.533. The summed E-state index contributed by atoms with van der Waals surface area (Å²) >= 11 is 0. The summed E-state index contributed by atoms with van der Waals surface area (Å²) in [6.45, 7) is 3.14. The molecule has 0 spiro atoms. The minimum Gasteiger partial charge on any atom is -0.381 e. The molecule has 22 heavy (non-hydrogen) atoms. The molecule has 0 aliphatic carbocycles. The van der Waals surface area contributed by atoms with Crippen molar-refractivity contribution in [1.82, 2.24) is 9.62 Å². The number of amides is 1. The van der Waals surface area contributed by atoms with Crippen LogP contribution in [0.2, 0.25) is 0 Å². The van der Waals surface area contributed by atoms with Gasteiger partial charge in [0.25, 0.3) is 5.91 Å². The van der Waals surface area contributed by atoms with Crippen LogP contribution < -0.4 is 4.72 Å². The molecule has 3 rings (SSSR count). The molecule has 0 radical (unpaired) electrons. The Morgan fingerprint density at radius 2 is 2.18 bits per heavy atom. The van der Waals surface area contributed by atoms with Crippen molar-refractivity contribution in [2.24, 2.45) is 5.92 Å². The number of hydrogen-bond donors (Lipinski definition) is 1. The second-order valence-electron chi connectivity index (χ2n) is 5.76. The Bertz CT molecular complexity index is 649. The summed E-state index contributed by atoms with van der Waals surface area (Å²) in [5.74, 6) is 0.119. The molecule has 2 aliphatic heterocycles. The van der Waals surface area contributed by atoms with Crippen LogP contribution in [-0.2, 0) is 14.8 Å². The van der Waals surface area contributed by atoms with Gasteiger partial charge in [0.2, 0.25) is 10.0 Å². The summed E-state index contributed by atoms with van der Waals surface area (Å²) in [5.41, 5.74) is 0.423. The van der Waals surface area contributed by atoms with Gasteiger partial charge in [0.05, 0.1) is 11.5 Å². The molecule has 0 bridgehead atoms. The van der Waals surface area contributed by atoms with Crippen molar-refractivity contribution in [2.75, 3.05) is 32.8 Å². The topological polar surface area (TPSA) is 75.7 Å². The lowest BCUT2D eigenvalue weighted by molar-refractivity contribution is 0.0651. The Morgan fingerprint density at radius 1 is 1.36 bits per heavy atom. The Balaban J connectivity index is 1.70. The van der Waals surface area contributed by atoms with E-state index in [0.717, 1.165) is 25.9 Å². The van der Waals surface area contributed by atoms with E-state index in [-0.39, 0.29) is 16.7 Å². The molecule has 2 aliphatic rings. The normalized spacial score (nSPS) is 21.6. The second kappa shape index (κ2) is 6.36. The van der Waals surface area contributed by atoms with E-state index in [1.54, 1.807) is 17.0 Å². The van der Waals surface area contributed by atoms with Crippen LogP contribution in [0.1, 0.15) is 23.2 Å². The van der Waals surface area contributed by atoms with Gasteiger partial charge in [-0.1, -0.05) is 6.07 Å². The summed E-state index contributed by atoms with van der Waals surface area (Å²) in [7, 11) is -3.59. The van der Waals surface area contributed by atoms with E-state index in [2.05, 4.69) is 4.72 Å². The molecule has 2 fully saturated rings. The first-order valence-corrected chi connectivity index (χ1v) is 9.01. The number of sulfonamides is 1. The van der Waals surface area contributed by atoms with Gasteiger partial charge in [-0.05, 0) is 37.0 Å². The number of rotatable bonds is 5. The van der Waals surface area contributed by atoms with Crippen LogP contribution >= 0.6 is 0 Å². The SMILES string of the molecule is O=C(c1cccc(S(=O)(=O)NC[C@H]2CCOC2)c1)N1CCC1. The van der Waals surface area contributed by atoms with E-state index in [9.17, 15) is 13.2 Å². The molecule has 1 amide bonds. The van der Waals surface area contributed by atoms with Crippen LogP contribution in [-0.4, -0.2) is 52.1 Å². The van der Waals surface area contributed by atoms with Crippen molar-refractivity contribution in [2.45, 2.75) is 17.7 Å². The predicted octanol–water partition coefficient (Wildman–Crippen LogP) is 0.847. The van der Waals surface area contributed by atoms with Crippen LogP contribution in [0.5, 0.6) is 0 Å². The molecule has 1 atom stereocenters. The summed E-state index contributed by atoms with van der Waals surface area (Å²) in [4.78, 5) is 14.0. The summed E-state index contributed by atoms with van der Waals surface area (Å²) in [6.07, 6.45) is 1.88. The van der Waals surface area contributed by atoms with Crippen molar-refractivity contribution in [3.8, 4) is 0 Å². The van der Waals surface area contributed by atoms with E-state index in [1.165, 1.54) is 12.1 Å². The first-order chi connectivity index (χ1) is 10.6. The molecule has 6 nitrogen and oxygen atoms in total. The number of likely N-dealkylation sites (tertiary alicyclic amines) is 1. The Morgan fingerprint density at radius 3 is 2.82 bits per heavy atom. The van der Waals surface area contributed by atoms with Gasteiger partial charge < -0.3 is 9.64 Å². The lowest BCUT2D eigenvalue weighted by Crippen LogP contribution is -2.42. The van der Waals surface area contributed by atoms with Gasteiger partial charge in [0.1, 0.15) is 0 Å². The molecule has 0 unspecified atom stereocenters. The molecule has 2 saturated heterocycles. The van der Waals surface area contributed by atoms with Gasteiger partial charge >= 0.3 is 0 Å². The smallest absolute Gasteiger partial charge is 0.253 e. The Hall–Kier alpha value is -1.44. The number of hydrogen-bond acceptors (Lipinski definition) is 4. The zero-order valence-electron chi connectivity index (χ0n) is 12.3. The third-order valence-corrected chi connectivity index (χ3v) is 5.54. The molecule has 0 aromatic heterocycles. The number of benzene rings is 1. The number of nitrogens with zero attached hydrogens (tertiary/aromatic N) is 1. The minimum absolute atomic E-state index is 0.104. The fourth-order valence-electron chi connectivity index (χ4n) is 2.55. The zero-order valence-corrected chi connectivity index (χ0v) is 13.1. The van der Waals surface area contributed by atoms with Gasteiger partial charge in [0, 0.05) is 31.8 Å². The summed E-state index contributed by atoms with van der Waals surface area (Å²) in [5, 5.41) is 0. The van der Waals surface area contributed by atoms with Crippen molar-refractivity contribution in [3.05, 3.63) is 29.8 Å². The number of carbonyl (C=O) groups is 1. The van der Waals surface area contributed by atoms with E-state index >= 15 is 0 Å². The molecule has 1 N–H and O–H groups in total. The number of ether oxygens (including phenoxy) is 1. The standard InChI is InChI=1S/C15H20N2O4S/c18-15(17-6-2-7-17)13-3-1-4-14(9-13)22(19,20)16-10-12-5-8-21-11-12/h1,3-4,9,12,16H,2,5-8,10-11H2/t12-/m1/s1. The number of nitrogens with one attached hydrogen (secondary N) is 1. The van der Waals surface area contributed by atoms with Crippen LogP contribution in [0.15, 0.2) is 29.2 Å². The van der Waals surface area contributed by atoms with Crippen molar-refractivity contribution >= 4 is 15.9 Å². The van der Waals surface area contributed by atoms with Crippen LogP contribution in [0.3, 0.4) is 0 Å². The second-order valence-corrected chi connectivity index (χ2v) is 7.52. The van der Waals surface area contributed by atoms with Crippen molar-refractivity contribution in [1.29, 1.82) is 0 Å². The Kier molecular flexibility index (Phi) is 4.46. The highest BCUT2D eigenvalue weighted by Gasteiger charge is 2.24. The quantitative estimate of drug-likeness (QED) is 0.871. The molecule has 0 saturated carbocycles. The maximum Gasteiger partial charge on any atom is 0.253 e. The first-order valence-electron chi connectivity index (χ1n) is 7.53. The molecule has 1 aromatic rings. The maximum absolute atomic E-state index is 12.3. The average Bonchev–Trinajstić information content (AvgIpc) is 2.97. The lowest BCUT2D eigenvalue weighted by Gasteiger charge is -2.31. The molecule has 1 aromatic carbocycles. The molecule has 2 heterocycles. The van der Waals surface area contributed by atoms with Crippen molar-refractivity contribution in [3.63, 3.8) is 0 Å². The van der Waals surface area contributed by atoms with Crippen LogP contribution in [0, 0.1) is 5.92 Å². The largest absolute Gasteiger partial charge is 0.381 e. The highest BCUT2D eigenvalue weighted by molar-refractivity contribution is 7.89. The van der Waals surface area contributed by atoms with E-state index < -0.39 is 10.0 Å². The average molecular weight is 324 g/mol. The van der Waals surface area contributed by atoms with Gasteiger partial charge in [0.15, 0.2) is 0 Å². The van der Waals surface area contributed by atoms with Gasteiger partial charge in [-0.2, -0.15) is 0 Å². The highest BCUT2D eigenvalue weighted by Crippen LogP contribution is 2.17. The van der Waals surface area contributed by atoms with E-state index in [0.29, 0.717) is 25.3 Å². The summed E-state index contributed by atoms with van der Waals surface area (Å²) in [6, 6.07) is 6.24. The number of carbonyl (C=O) groups excluding carboxylic acids is 1. The molecule has 7 heteroatoms. The predicted molar refractivity (Wildman–Crippen MR) is 81.1 cm³/mol. The van der Waals surface area contributed by atoms with Crippen LogP contribution in [0.25, 0.3) is 0 Å². The molecular formula is C15H20N2O4S. The van der Waals surface area contributed by atoms with Gasteiger partial charge in [-0.15, -0.1) is 0 Å². The maximum atomic E-state index is 12.3. The zero-order chi connectivity index (χ0) is 15.6. The minimum atomic E-state index is -3.59. The fourth-order valence-corrected chi connectivity index (χ4v) is 3.72. The van der Waals surface area contributed by atoms with Gasteiger partial charge in [-0.25, -0.2) is 13.1 Å². The third-order valence-electron chi connectivity index (χ3n) is 4.12. The lowest BCUT2D eigenvalue weighted by atomic mass is 10.1. The molecular weight excluding hydrogens is 304 g/mol. The van der Waals surface area contributed by atoms with E-state index in [4.69, 9.17) is 4.74 Å². The van der Waals surface area contributed by atoms with E-state index in [1.807, 2.05) is 0 Å². The monoisotopic (exact) mass is 324 g/mol. The first kappa shape index (κ1) is 15.5. The van der Waals surface area contributed by atoms with Crippen LogP contribution in [0.4, 0.5) is 0 Å². The van der Waals surface area contributed by atoms with Crippen molar-refractivity contribution < 1.29 is 17.9 Å². The summed E-state index contributed by atoms with van der Waals surface area (Å²) < 4.78 is 32.5. The Labute approximate surface area is 130 Å².